The number of ether oxygens (including phenoxy) is 1. The van der Waals surface area contributed by atoms with E-state index in [1.807, 2.05) is 29.9 Å². The van der Waals surface area contributed by atoms with Crippen molar-refractivity contribution >= 4 is 11.8 Å². The number of nitrogens with zero attached hydrogens (tertiary/aromatic N) is 3. The molecule has 1 aliphatic carbocycles. The molecule has 1 aromatic carbocycles. The van der Waals surface area contributed by atoms with E-state index in [2.05, 4.69) is 0 Å². The number of halogens is 3. The SMILES string of the molecule is COCCN(CC(=O)N(Cc1cccn1C)C1CC1)C(=O)c1ccc(C(F)(F)F)cc1. The van der Waals surface area contributed by atoms with Gasteiger partial charge in [0.2, 0.25) is 5.91 Å². The van der Waals surface area contributed by atoms with E-state index in [0.717, 1.165) is 42.8 Å². The summed E-state index contributed by atoms with van der Waals surface area (Å²) in [6, 6.07) is 8.01. The van der Waals surface area contributed by atoms with Gasteiger partial charge in [-0.2, -0.15) is 13.2 Å². The van der Waals surface area contributed by atoms with Crippen molar-refractivity contribution in [2.75, 3.05) is 26.8 Å². The van der Waals surface area contributed by atoms with E-state index < -0.39 is 17.6 Å². The lowest BCUT2D eigenvalue weighted by atomic mass is 10.1. The summed E-state index contributed by atoms with van der Waals surface area (Å²) in [7, 11) is 3.39. The lowest BCUT2D eigenvalue weighted by Gasteiger charge is -2.28. The zero-order chi connectivity index (χ0) is 22.6. The fourth-order valence-electron chi connectivity index (χ4n) is 3.33. The highest BCUT2D eigenvalue weighted by Crippen LogP contribution is 2.30. The van der Waals surface area contributed by atoms with Crippen molar-refractivity contribution in [2.24, 2.45) is 7.05 Å². The highest BCUT2D eigenvalue weighted by molar-refractivity contribution is 5.96. The van der Waals surface area contributed by atoms with Crippen molar-refractivity contribution < 1.29 is 27.5 Å². The number of rotatable bonds is 9. The van der Waals surface area contributed by atoms with Gasteiger partial charge >= 0.3 is 6.18 Å². The standard InChI is InChI=1S/C22H26F3N3O3/c1-26-11-3-4-19(26)14-28(18-9-10-18)20(29)15-27(12-13-31-2)21(30)16-5-7-17(8-6-16)22(23,24)25/h3-8,11,18H,9-10,12-15H2,1-2H3. The largest absolute Gasteiger partial charge is 0.416 e. The molecule has 168 valence electrons. The van der Waals surface area contributed by atoms with Gasteiger partial charge in [-0.15, -0.1) is 0 Å². The van der Waals surface area contributed by atoms with Gasteiger partial charge in [-0.3, -0.25) is 9.59 Å². The molecule has 2 amide bonds. The first-order valence-corrected chi connectivity index (χ1v) is 10.1. The van der Waals surface area contributed by atoms with Crippen molar-refractivity contribution in [3.05, 3.63) is 59.4 Å². The van der Waals surface area contributed by atoms with Crippen molar-refractivity contribution in [3.63, 3.8) is 0 Å². The molecule has 9 heteroatoms. The summed E-state index contributed by atoms with van der Waals surface area (Å²) < 4.78 is 45.4. The van der Waals surface area contributed by atoms with Gasteiger partial charge in [0, 0.05) is 44.2 Å². The number of hydrogen-bond donors (Lipinski definition) is 0. The average molecular weight is 437 g/mol. The molecule has 0 radical (unpaired) electrons. The molecule has 0 atom stereocenters. The fourth-order valence-corrected chi connectivity index (χ4v) is 3.33. The minimum absolute atomic E-state index is 0.0947. The summed E-state index contributed by atoms with van der Waals surface area (Å²) in [6.45, 7) is 0.648. The Hall–Kier alpha value is -2.81. The first-order chi connectivity index (χ1) is 14.7. The van der Waals surface area contributed by atoms with Gasteiger partial charge in [0.05, 0.1) is 18.7 Å². The molecule has 0 unspecified atom stereocenters. The first kappa shape index (κ1) is 22.9. The molecule has 0 saturated heterocycles. The van der Waals surface area contributed by atoms with Gasteiger partial charge in [-0.05, 0) is 49.2 Å². The molecule has 1 aromatic heterocycles. The Morgan fingerprint density at radius 2 is 1.84 bits per heavy atom. The Kier molecular flexibility index (Phi) is 7.04. The highest BCUT2D eigenvalue weighted by atomic mass is 19.4. The summed E-state index contributed by atoms with van der Waals surface area (Å²) in [4.78, 5) is 29.1. The van der Waals surface area contributed by atoms with E-state index in [9.17, 15) is 22.8 Å². The van der Waals surface area contributed by atoms with Crippen LogP contribution in [0.2, 0.25) is 0 Å². The van der Waals surface area contributed by atoms with Gasteiger partial charge in [-0.25, -0.2) is 0 Å². The molecule has 0 spiro atoms. The number of amides is 2. The second-order valence-corrected chi connectivity index (χ2v) is 7.66. The zero-order valence-electron chi connectivity index (χ0n) is 17.6. The van der Waals surface area contributed by atoms with Crippen LogP contribution < -0.4 is 0 Å². The minimum atomic E-state index is -4.48. The van der Waals surface area contributed by atoms with Crippen LogP contribution in [0.4, 0.5) is 13.2 Å². The number of methoxy groups -OCH3 is 1. The number of aromatic nitrogens is 1. The number of carbonyl (C=O) groups excluding carboxylic acids is 2. The molecule has 0 N–H and O–H groups in total. The molecular weight excluding hydrogens is 411 g/mol. The van der Waals surface area contributed by atoms with Crippen LogP contribution in [0.15, 0.2) is 42.6 Å². The van der Waals surface area contributed by atoms with E-state index in [0.29, 0.717) is 6.54 Å². The van der Waals surface area contributed by atoms with Crippen LogP contribution in [0.3, 0.4) is 0 Å². The van der Waals surface area contributed by atoms with Crippen molar-refractivity contribution in [2.45, 2.75) is 31.6 Å². The van der Waals surface area contributed by atoms with E-state index in [4.69, 9.17) is 4.74 Å². The fraction of sp³-hybridized carbons (Fsp3) is 0.455. The van der Waals surface area contributed by atoms with Gasteiger partial charge in [0.1, 0.15) is 6.54 Å². The normalized spacial score (nSPS) is 13.8. The Morgan fingerprint density at radius 3 is 2.35 bits per heavy atom. The lowest BCUT2D eigenvalue weighted by Crippen LogP contribution is -2.44. The molecule has 6 nitrogen and oxygen atoms in total. The van der Waals surface area contributed by atoms with Gasteiger partial charge in [0.25, 0.3) is 5.91 Å². The average Bonchev–Trinajstić information content (AvgIpc) is 3.49. The maximum absolute atomic E-state index is 13.1. The van der Waals surface area contributed by atoms with Crippen molar-refractivity contribution in [1.82, 2.24) is 14.4 Å². The van der Waals surface area contributed by atoms with Crippen LogP contribution in [-0.4, -0.2) is 59.0 Å². The minimum Gasteiger partial charge on any atom is -0.383 e. The molecule has 3 rings (SSSR count). The number of benzene rings is 1. The van der Waals surface area contributed by atoms with Crippen LogP contribution in [-0.2, 0) is 29.3 Å². The van der Waals surface area contributed by atoms with Crippen LogP contribution in [0.1, 0.15) is 34.5 Å². The van der Waals surface area contributed by atoms with Crippen LogP contribution in [0.5, 0.6) is 0 Å². The number of alkyl halides is 3. The third-order valence-corrected chi connectivity index (χ3v) is 5.33. The zero-order valence-corrected chi connectivity index (χ0v) is 17.6. The summed E-state index contributed by atoms with van der Waals surface area (Å²) in [5.74, 6) is -0.700. The Bertz CT molecular complexity index is 905. The Balaban J connectivity index is 1.74. The van der Waals surface area contributed by atoms with Crippen LogP contribution in [0, 0.1) is 0 Å². The Labute approximate surface area is 179 Å². The highest BCUT2D eigenvalue weighted by Gasteiger charge is 2.34. The predicted molar refractivity (Wildman–Crippen MR) is 108 cm³/mol. The summed E-state index contributed by atoms with van der Waals surface area (Å²) >= 11 is 0. The molecule has 31 heavy (non-hydrogen) atoms. The maximum Gasteiger partial charge on any atom is 0.416 e. The molecular formula is C22H26F3N3O3. The summed E-state index contributed by atoms with van der Waals surface area (Å²) in [5, 5.41) is 0. The molecule has 1 fully saturated rings. The first-order valence-electron chi connectivity index (χ1n) is 10.1. The predicted octanol–water partition coefficient (Wildman–Crippen LogP) is 3.32. The molecule has 0 bridgehead atoms. The number of hydrogen-bond acceptors (Lipinski definition) is 3. The second kappa shape index (κ2) is 9.55. The van der Waals surface area contributed by atoms with Crippen molar-refractivity contribution in [1.29, 1.82) is 0 Å². The van der Waals surface area contributed by atoms with Gasteiger partial charge < -0.3 is 19.1 Å². The third-order valence-electron chi connectivity index (χ3n) is 5.33. The molecule has 2 aromatic rings. The molecule has 0 aliphatic heterocycles. The third kappa shape index (κ3) is 5.88. The Morgan fingerprint density at radius 1 is 1.16 bits per heavy atom. The monoisotopic (exact) mass is 437 g/mol. The molecule has 1 heterocycles. The van der Waals surface area contributed by atoms with Gasteiger partial charge in [0.15, 0.2) is 0 Å². The van der Waals surface area contributed by atoms with Crippen LogP contribution >= 0.6 is 0 Å². The van der Waals surface area contributed by atoms with E-state index >= 15 is 0 Å². The van der Waals surface area contributed by atoms with E-state index in [1.165, 1.54) is 12.0 Å². The summed E-state index contributed by atoms with van der Waals surface area (Å²) in [6.07, 6.45) is -0.735. The smallest absolute Gasteiger partial charge is 0.383 e. The summed E-state index contributed by atoms with van der Waals surface area (Å²) in [5.41, 5.74) is 0.251. The topological polar surface area (TPSA) is 54.8 Å². The number of carbonyl (C=O) groups is 2. The molecule has 1 saturated carbocycles. The quantitative estimate of drug-likeness (QED) is 0.605. The van der Waals surface area contributed by atoms with Gasteiger partial charge in [-0.1, -0.05) is 0 Å². The number of aryl methyl sites for hydroxylation is 1. The lowest BCUT2D eigenvalue weighted by molar-refractivity contribution is -0.137. The van der Waals surface area contributed by atoms with E-state index in [1.54, 1.807) is 4.90 Å². The second-order valence-electron chi connectivity index (χ2n) is 7.66. The van der Waals surface area contributed by atoms with Crippen molar-refractivity contribution in [3.8, 4) is 0 Å². The van der Waals surface area contributed by atoms with Crippen LogP contribution in [0.25, 0.3) is 0 Å². The maximum atomic E-state index is 13.1. The molecule has 1 aliphatic rings. The van der Waals surface area contributed by atoms with E-state index in [-0.39, 0.29) is 37.2 Å².